The molecule has 0 bridgehead atoms. The Kier molecular flexibility index (Phi) is 4.84. The zero-order valence-corrected chi connectivity index (χ0v) is 14.1. The van der Waals surface area contributed by atoms with Crippen LogP contribution in [0.4, 0.5) is 0 Å². The number of halogens is 1. The molecule has 2 aromatic heterocycles. The molecule has 108 valence electrons. The number of hydrogen-bond donors (Lipinski definition) is 0. The largest absolute Gasteiger partial charge is 0.221 e. The first kappa shape index (κ1) is 14.6. The van der Waals surface area contributed by atoms with Crippen LogP contribution in [0.25, 0.3) is 10.2 Å². The van der Waals surface area contributed by atoms with Crippen LogP contribution in [0.3, 0.4) is 0 Å². The zero-order valence-electron chi connectivity index (χ0n) is 11.7. The lowest BCUT2D eigenvalue weighted by Gasteiger charge is -2.20. The highest BCUT2D eigenvalue weighted by atomic mass is 35.5. The van der Waals surface area contributed by atoms with Crippen molar-refractivity contribution in [2.75, 3.05) is 0 Å². The summed E-state index contributed by atoms with van der Waals surface area (Å²) in [6, 6.07) is 2.13. The van der Waals surface area contributed by atoms with Gasteiger partial charge in [0, 0.05) is 15.5 Å². The van der Waals surface area contributed by atoms with Crippen molar-refractivity contribution >= 4 is 44.9 Å². The number of hydrogen-bond acceptors (Lipinski definition) is 4. The highest BCUT2D eigenvalue weighted by Crippen LogP contribution is 2.32. The van der Waals surface area contributed by atoms with Crippen LogP contribution in [-0.2, 0) is 12.2 Å². The summed E-state index contributed by atoms with van der Waals surface area (Å²) in [7, 11) is 0. The third-order valence-electron chi connectivity index (χ3n) is 3.79. The molecule has 2 nitrogen and oxygen atoms in total. The highest BCUT2D eigenvalue weighted by Gasteiger charge is 2.15. The van der Waals surface area contributed by atoms with Crippen LogP contribution >= 0.6 is 34.7 Å². The molecule has 0 saturated heterocycles. The normalized spacial score (nSPS) is 16.9. The second-order valence-corrected chi connectivity index (χ2v) is 8.05. The molecule has 2 heterocycles. The van der Waals surface area contributed by atoms with Crippen LogP contribution in [0.1, 0.15) is 49.7 Å². The lowest BCUT2D eigenvalue weighted by atomic mass is 10.0. The number of thioether (sulfide) groups is 1. The number of thiophene rings is 1. The minimum atomic E-state index is 0.616. The molecule has 5 heteroatoms. The van der Waals surface area contributed by atoms with E-state index < -0.39 is 0 Å². The molecule has 0 radical (unpaired) electrons. The predicted molar refractivity (Wildman–Crippen MR) is 90.0 cm³/mol. The Bertz CT molecular complexity index is 591. The van der Waals surface area contributed by atoms with Crippen molar-refractivity contribution in [3.8, 4) is 0 Å². The number of aryl methyl sites for hydroxylation is 1. The van der Waals surface area contributed by atoms with Gasteiger partial charge >= 0.3 is 0 Å². The molecule has 0 atom stereocenters. The number of nitrogens with zero attached hydrogens (tertiary/aromatic N) is 2. The van der Waals surface area contributed by atoms with Gasteiger partial charge in [-0.25, -0.2) is 9.97 Å². The van der Waals surface area contributed by atoms with Crippen molar-refractivity contribution in [3.05, 3.63) is 21.9 Å². The molecule has 1 aliphatic carbocycles. The molecule has 0 spiro atoms. The van der Waals surface area contributed by atoms with Crippen LogP contribution in [0, 0.1) is 0 Å². The Labute approximate surface area is 133 Å². The summed E-state index contributed by atoms with van der Waals surface area (Å²) in [5.74, 6) is 1.78. The van der Waals surface area contributed by atoms with Crippen LogP contribution in [0.2, 0.25) is 5.15 Å². The van der Waals surface area contributed by atoms with Gasteiger partial charge in [0.15, 0.2) is 0 Å². The van der Waals surface area contributed by atoms with Gasteiger partial charge in [0.2, 0.25) is 0 Å². The molecule has 0 aromatic carbocycles. The van der Waals surface area contributed by atoms with Crippen LogP contribution < -0.4 is 0 Å². The fourth-order valence-electron chi connectivity index (χ4n) is 2.64. The fraction of sp³-hybridized carbons (Fsp3) is 0.600. The molecule has 1 fully saturated rings. The Hall–Kier alpha value is -0.320. The first-order valence-electron chi connectivity index (χ1n) is 7.32. The second kappa shape index (κ2) is 6.63. The average Bonchev–Trinajstić information content (AvgIpc) is 2.90. The Morgan fingerprint density at radius 2 is 2.10 bits per heavy atom. The van der Waals surface area contributed by atoms with E-state index in [-0.39, 0.29) is 0 Å². The number of fused-ring (bicyclic) bond motifs is 1. The summed E-state index contributed by atoms with van der Waals surface area (Å²) >= 11 is 10.0. The lowest BCUT2D eigenvalue weighted by Crippen LogP contribution is -2.08. The van der Waals surface area contributed by atoms with Crippen molar-refractivity contribution in [2.24, 2.45) is 0 Å². The second-order valence-electron chi connectivity index (χ2n) is 5.29. The highest BCUT2D eigenvalue weighted by molar-refractivity contribution is 7.99. The minimum absolute atomic E-state index is 0.616. The Balaban J connectivity index is 1.74. The van der Waals surface area contributed by atoms with Gasteiger partial charge in [-0.3, -0.25) is 0 Å². The van der Waals surface area contributed by atoms with E-state index in [2.05, 4.69) is 18.0 Å². The van der Waals surface area contributed by atoms with E-state index in [4.69, 9.17) is 16.6 Å². The quantitative estimate of drug-likeness (QED) is 0.696. The zero-order chi connectivity index (χ0) is 13.9. The first-order chi connectivity index (χ1) is 9.76. The van der Waals surface area contributed by atoms with Crippen molar-refractivity contribution in [2.45, 2.75) is 56.5 Å². The van der Waals surface area contributed by atoms with E-state index in [0.717, 1.165) is 33.5 Å². The lowest BCUT2D eigenvalue weighted by molar-refractivity contribution is 0.516. The Morgan fingerprint density at radius 3 is 2.85 bits per heavy atom. The fourth-order valence-corrected chi connectivity index (χ4v) is 5.11. The van der Waals surface area contributed by atoms with Crippen LogP contribution in [-0.4, -0.2) is 15.2 Å². The minimum Gasteiger partial charge on any atom is -0.221 e. The van der Waals surface area contributed by atoms with Crippen LogP contribution in [0.15, 0.2) is 6.07 Å². The smallest absolute Gasteiger partial charge is 0.141 e. The standard InChI is InChI=1S/C15H19ClN2S2/c1-2-10-8-12-14(16)17-13(18-15(12)20-10)9-19-11-6-4-3-5-7-11/h8,11H,2-7,9H2,1H3. The van der Waals surface area contributed by atoms with Gasteiger partial charge in [0.05, 0.1) is 5.75 Å². The molecular weight excluding hydrogens is 308 g/mol. The SMILES string of the molecule is CCc1cc2c(Cl)nc(CSC3CCCCC3)nc2s1. The van der Waals surface area contributed by atoms with Gasteiger partial charge in [0.1, 0.15) is 15.8 Å². The molecule has 2 aromatic rings. The molecular formula is C15H19ClN2S2. The summed E-state index contributed by atoms with van der Waals surface area (Å²) in [5.41, 5.74) is 0. The molecule has 0 amide bonds. The summed E-state index contributed by atoms with van der Waals surface area (Å²) in [4.78, 5) is 11.5. The van der Waals surface area contributed by atoms with Gasteiger partial charge in [-0.05, 0) is 25.3 Å². The molecule has 0 aliphatic heterocycles. The molecule has 1 saturated carbocycles. The molecule has 0 unspecified atom stereocenters. The maximum absolute atomic E-state index is 6.30. The van der Waals surface area contributed by atoms with Gasteiger partial charge in [0.25, 0.3) is 0 Å². The molecule has 3 rings (SSSR count). The van der Waals surface area contributed by atoms with E-state index in [1.165, 1.54) is 37.0 Å². The van der Waals surface area contributed by atoms with E-state index in [9.17, 15) is 0 Å². The number of rotatable bonds is 4. The molecule has 20 heavy (non-hydrogen) atoms. The monoisotopic (exact) mass is 326 g/mol. The third kappa shape index (κ3) is 3.29. The maximum Gasteiger partial charge on any atom is 0.141 e. The predicted octanol–water partition coefficient (Wildman–Crippen LogP) is 5.47. The van der Waals surface area contributed by atoms with Crippen molar-refractivity contribution < 1.29 is 0 Å². The summed E-state index contributed by atoms with van der Waals surface area (Å²) in [6.07, 6.45) is 7.88. The van der Waals surface area contributed by atoms with E-state index in [1.54, 1.807) is 11.3 Å². The van der Waals surface area contributed by atoms with Crippen molar-refractivity contribution in [3.63, 3.8) is 0 Å². The average molecular weight is 327 g/mol. The van der Waals surface area contributed by atoms with E-state index in [0.29, 0.717) is 5.15 Å². The first-order valence-corrected chi connectivity index (χ1v) is 9.57. The molecule has 1 aliphatic rings. The van der Waals surface area contributed by atoms with E-state index >= 15 is 0 Å². The van der Waals surface area contributed by atoms with Gasteiger partial charge in [-0.2, -0.15) is 11.8 Å². The molecule has 0 N–H and O–H groups in total. The number of aromatic nitrogens is 2. The van der Waals surface area contributed by atoms with Crippen molar-refractivity contribution in [1.29, 1.82) is 0 Å². The van der Waals surface area contributed by atoms with Crippen LogP contribution in [0.5, 0.6) is 0 Å². The summed E-state index contributed by atoms with van der Waals surface area (Å²) in [5, 5.41) is 2.42. The van der Waals surface area contributed by atoms with Gasteiger partial charge in [-0.1, -0.05) is 37.8 Å². The maximum atomic E-state index is 6.30. The van der Waals surface area contributed by atoms with E-state index in [1.807, 2.05) is 11.8 Å². The van der Waals surface area contributed by atoms with Crippen molar-refractivity contribution in [1.82, 2.24) is 9.97 Å². The van der Waals surface area contributed by atoms with Gasteiger partial charge < -0.3 is 0 Å². The van der Waals surface area contributed by atoms with Gasteiger partial charge in [-0.15, -0.1) is 11.3 Å². The topological polar surface area (TPSA) is 25.8 Å². The summed E-state index contributed by atoms with van der Waals surface area (Å²) in [6.45, 7) is 2.16. The Morgan fingerprint density at radius 1 is 1.30 bits per heavy atom. The third-order valence-corrected chi connectivity index (χ3v) is 6.62. The summed E-state index contributed by atoms with van der Waals surface area (Å²) < 4.78 is 0.